The summed E-state index contributed by atoms with van der Waals surface area (Å²) in [4.78, 5) is 19.0. The Morgan fingerprint density at radius 1 is 1.17 bits per heavy atom. The molecule has 3 nitrogen and oxygen atoms in total. The fourth-order valence-electron chi connectivity index (χ4n) is 2.41. The molecule has 0 radical (unpaired) electrons. The van der Waals surface area contributed by atoms with Crippen molar-refractivity contribution in [3.63, 3.8) is 0 Å². The maximum Gasteiger partial charge on any atom is 0.251 e. The number of rotatable bonds is 2. The first-order valence-corrected chi connectivity index (χ1v) is 8.61. The van der Waals surface area contributed by atoms with Gasteiger partial charge in [0.25, 0.3) is 5.91 Å². The maximum absolute atomic E-state index is 12.2. The fourth-order valence-corrected chi connectivity index (χ4v) is 3.62. The second kappa shape index (κ2) is 6.38. The van der Waals surface area contributed by atoms with Crippen LogP contribution < -0.4 is 5.32 Å². The van der Waals surface area contributed by atoms with Gasteiger partial charge in [0.2, 0.25) is 0 Å². The molecule has 0 unspecified atom stereocenters. The number of fused-ring (bicyclic) bond motifs is 2. The third-order valence-electron chi connectivity index (χ3n) is 3.48. The van der Waals surface area contributed by atoms with Crippen molar-refractivity contribution in [1.29, 1.82) is 0 Å². The molecule has 0 spiro atoms. The third-order valence-corrected chi connectivity index (χ3v) is 4.86. The molecule has 1 aliphatic rings. The van der Waals surface area contributed by atoms with Crippen molar-refractivity contribution in [2.75, 3.05) is 0 Å². The van der Waals surface area contributed by atoms with Crippen LogP contribution >= 0.6 is 23.4 Å². The minimum absolute atomic E-state index is 0.0783. The Morgan fingerprint density at radius 3 is 2.65 bits per heavy atom. The molecule has 1 N–H and O–H groups in total. The Labute approximate surface area is 145 Å². The summed E-state index contributed by atoms with van der Waals surface area (Å²) in [6, 6.07) is 11.6. The summed E-state index contributed by atoms with van der Waals surface area (Å²) in [5.74, 6) is -0.0783. The number of benzene rings is 2. The summed E-state index contributed by atoms with van der Waals surface area (Å²) in [6.45, 7) is 5.85. The molecule has 23 heavy (non-hydrogen) atoms. The lowest BCUT2D eigenvalue weighted by Crippen LogP contribution is -2.29. The number of carbonyl (C=O) groups is 1. The molecule has 0 saturated heterocycles. The van der Waals surface area contributed by atoms with E-state index in [1.54, 1.807) is 11.8 Å². The van der Waals surface area contributed by atoms with E-state index in [1.165, 1.54) is 0 Å². The zero-order chi connectivity index (χ0) is 16.6. The largest absolute Gasteiger partial charge is 0.350 e. The first-order chi connectivity index (χ1) is 10.9. The van der Waals surface area contributed by atoms with Gasteiger partial charge in [-0.1, -0.05) is 23.4 Å². The molecule has 2 aromatic rings. The predicted molar refractivity (Wildman–Crippen MR) is 96.5 cm³/mol. The number of hydrogen-bond acceptors (Lipinski definition) is 3. The van der Waals surface area contributed by atoms with Gasteiger partial charge in [-0.15, -0.1) is 0 Å². The maximum atomic E-state index is 12.2. The normalized spacial score (nSPS) is 13.0. The van der Waals surface area contributed by atoms with Crippen molar-refractivity contribution in [1.82, 2.24) is 5.32 Å². The first-order valence-electron chi connectivity index (χ1n) is 7.42. The molecule has 118 valence electrons. The lowest BCUT2D eigenvalue weighted by molar-refractivity contribution is 0.0943. The van der Waals surface area contributed by atoms with Crippen molar-refractivity contribution in [3.8, 4) is 0 Å². The van der Waals surface area contributed by atoms with Gasteiger partial charge in [-0.2, -0.15) is 0 Å². The van der Waals surface area contributed by atoms with E-state index in [9.17, 15) is 4.79 Å². The van der Waals surface area contributed by atoms with Crippen molar-refractivity contribution >= 4 is 40.7 Å². The third kappa shape index (κ3) is 3.43. The molecule has 0 aliphatic carbocycles. The molecule has 0 atom stereocenters. The fraction of sp³-hybridized carbons (Fsp3) is 0.222. The number of amides is 1. The van der Waals surface area contributed by atoms with Crippen molar-refractivity contribution in [3.05, 3.63) is 52.5 Å². The van der Waals surface area contributed by atoms with Crippen LogP contribution in [0.15, 0.2) is 51.2 Å². The van der Waals surface area contributed by atoms with E-state index >= 15 is 0 Å². The van der Waals surface area contributed by atoms with E-state index in [-0.39, 0.29) is 11.9 Å². The highest BCUT2D eigenvalue weighted by atomic mass is 35.5. The molecule has 3 rings (SSSR count). The standard InChI is InChI=1S/C18H17ClN2OS/c1-10(2)20-18(22)12-4-6-17-15(8-12)21-11(3)14-9-13(19)5-7-16(14)23-17/h4-10H,1-3H3,(H,20,22). The Morgan fingerprint density at radius 2 is 1.91 bits per heavy atom. The molecule has 1 amide bonds. The molecule has 1 heterocycles. The van der Waals surface area contributed by atoms with Crippen LogP contribution in [0.25, 0.3) is 0 Å². The molecular weight excluding hydrogens is 328 g/mol. The van der Waals surface area contributed by atoms with Crippen LogP contribution in [-0.2, 0) is 0 Å². The van der Waals surface area contributed by atoms with E-state index in [4.69, 9.17) is 16.6 Å². The van der Waals surface area contributed by atoms with Crippen LogP contribution in [0, 0.1) is 0 Å². The van der Waals surface area contributed by atoms with E-state index in [2.05, 4.69) is 5.32 Å². The van der Waals surface area contributed by atoms with Crippen LogP contribution in [0.2, 0.25) is 5.02 Å². The number of nitrogens with zero attached hydrogens (tertiary/aromatic N) is 1. The van der Waals surface area contributed by atoms with Gasteiger partial charge in [0.1, 0.15) is 0 Å². The number of halogens is 1. The molecular formula is C18H17ClN2OS. The van der Waals surface area contributed by atoms with Gasteiger partial charge < -0.3 is 5.32 Å². The summed E-state index contributed by atoms with van der Waals surface area (Å²) < 4.78 is 0. The van der Waals surface area contributed by atoms with E-state index in [1.807, 2.05) is 57.2 Å². The summed E-state index contributed by atoms with van der Waals surface area (Å²) >= 11 is 7.75. The Bertz CT molecular complexity index is 815. The average molecular weight is 345 g/mol. The summed E-state index contributed by atoms with van der Waals surface area (Å²) in [5, 5.41) is 3.60. The lowest BCUT2D eigenvalue weighted by atomic mass is 10.1. The minimum atomic E-state index is -0.0783. The van der Waals surface area contributed by atoms with Gasteiger partial charge in [0.05, 0.1) is 5.69 Å². The van der Waals surface area contributed by atoms with Gasteiger partial charge in [-0.3, -0.25) is 9.79 Å². The zero-order valence-electron chi connectivity index (χ0n) is 13.2. The van der Waals surface area contributed by atoms with E-state index in [0.29, 0.717) is 10.6 Å². The molecule has 0 fully saturated rings. The van der Waals surface area contributed by atoms with Crippen molar-refractivity contribution in [2.24, 2.45) is 4.99 Å². The highest BCUT2D eigenvalue weighted by Gasteiger charge is 2.17. The van der Waals surface area contributed by atoms with Crippen LogP contribution in [0.1, 0.15) is 36.7 Å². The van der Waals surface area contributed by atoms with Crippen LogP contribution in [0.4, 0.5) is 5.69 Å². The number of carbonyl (C=O) groups excluding carboxylic acids is 1. The van der Waals surface area contributed by atoms with Crippen molar-refractivity contribution in [2.45, 2.75) is 36.6 Å². The number of nitrogens with one attached hydrogen (secondary N) is 1. The van der Waals surface area contributed by atoms with E-state index < -0.39 is 0 Å². The number of hydrogen-bond donors (Lipinski definition) is 1. The quantitative estimate of drug-likeness (QED) is 0.825. The second-order valence-electron chi connectivity index (χ2n) is 5.75. The molecule has 2 aromatic carbocycles. The molecule has 0 bridgehead atoms. The van der Waals surface area contributed by atoms with Gasteiger partial charge >= 0.3 is 0 Å². The van der Waals surface area contributed by atoms with Gasteiger partial charge in [0.15, 0.2) is 0 Å². The smallest absolute Gasteiger partial charge is 0.251 e. The summed E-state index contributed by atoms with van der Waals surface area (Å²) in [5.41, 5.74) is 3.37. The second-order valence-corrected chi connectivity index (χ2v) is 7.27. The highest BCUT2D eigenvalue weighted by molar-refractivity contribution is 7.99. The predicted octanol–water partition coefficient (Wildman–Crippen LogP) is 5.08. The van der Waals surface area contributed by atoms with Crippen LogP contribution in [0.3, 0.4) is 0 Å². The molecule has 1 aliphatic heterocycles. The summed E-state index contributed by atoms with van der Waals surface area (Å²) in [7, 11) is 0. The topological polar surface area (TPSA) is 41.5 Å². The van der Waals surface area contributed by atoms with E-state index in [0.717, 1.165) is 26.8 Å². The Hall–Kier alpha value is -1.78. The molecule has 0 aromatic heterocycles. The van der Waals surface area contributed by atoms with Crippen molar-refractivity contribution < 1.29 is 4.79 Å². The lowest BCUT2D eigenvalue weighted by Gasteiger charge is -2.10. The van der Waals surface area contributed by atoms with Crippen LogP contribution in [0.5, 0.6) is 0 Å². The first kappa shape index (κ1) is 16.1. The van der Waals surface area contributed by atoms with Gasteiger partial charge in [0, 0.05) is 37.7 Å². The Balaban J connectivity index is 2.03. The summed E-state index contributed by atoms with van der Waals surface area (Å²) in [6.07, 6.45) is 0. The molecule has 0 saturated carbocycles. The average Bonchev–Trinajstić information content (AvgIpc) is 2.62. The number of aliphatic imine (C=N–C) groups is 1. The van der Waals surface area contributed by atoms with Gasteiger partial charge in [-0.05, 0) is 57.2 Å². The highest BCUT2D eigenvalue weighted by Crippen LogP contribution is 2.41. The monoisotopic (exact) mass is 344 g/mol. The van der Waals surface area contributed by atoms with Gasteiger partial charge in [-0.25, -0.2) is 0 Å². The van der Waals surface area contributed by atoms with Crippen LogP contribution in [-0.4, -0.2) is 17.7 Å². The zero-order valence-corrected chi connectivity index (χ0v) is 14.8. The molecule has 5 heteroatoms. The minimum Gasteiger partial charge on any atom is -0.350 e. The SMILES string of the molecule is CC1=Nc2cc(C(=O)NC(C)C)ccc2Sc2ccc(Cl)cc21. The Kier molecular flexibility index (Phi) is 4.46.